The summed E-state index contributed by atoms with van der Waals surface area (Å²) in [7, 11) is 0. The molecule has 9 heteroatoms. The number of piperidine rings is 1. The first-order chi connectivity index (χ1) is 14.5. The lowest BCUT2D eigenvalue weighted by Gasteiger charge is -2.29. The van der Waals surface area contributed by atoms with Crippen LogP contribution in [-0.2, 0) is 12.7 Å². The molecule has 6 nitrogen and oxygen atoms in total. The average Bonchev–Trinajstić information content (AvgIpc) is 2.77. The van der Waals surface area contributed by atoms with Crippen molar-refractivity contribution in [1.29, 1.82) is 5.26 Å². The number of nitrogens with zero attached hydrogens (tertiary/aromatic N) is 5. The quantitative estimate of drug-likeness (QED) is 0.685. The number of nitrogens with one attached hydrogen (secondary N) is 1. The van der Waals surface area contributed by atoms with Gasteiger partial charge < -0.3 is 10.2 Å². The zero-order chi connectivity index (χ0) is 21.1. The third-order valence-corrected chi connectivity index (χ3v) is 5.12. The Morgan fingerprint density at radius 3 is 2.80 bits per heavy atom. The van der Waals surface area contributed by atoms with Crippen LogP contribution in [0.15, 0.2) is 42.6 Å². The Kier molecular flexibility index (Phi) is 5.40. The van der Waals surface area contributed by atoms with Gasteiger partial charge in [-0.1, -0.05) is 18.2 Å². The fourth-order valence-corrected chi connectivity index (χ4v) is 3.62. The van der Waals surface area contributed by atoms with Gasteiger partial charge in [0.25, 0.3) is 0 Å². The molecule has 1 aromatic carbocycles. The second-order valence-electron chi connectivity index (χ2n) is 7.17. The van der Waals surface area contributed by atoms with E-state index in [1.54, 1.807) is 24.4 Å². The summed E-state index contributed by atoms with van der Waals surface area (Å²) in [4.78, 5) is 15.3. The molecule has 3 aromatic rings. The second-order valence-corrected chi connectivity index (χ2v) is 7.17. The van der Waals surface area contributed by atoms with Gasteiger partial charge in [-0.25, -0.2) is 4.98 Å². The summed E-state index contributed by atoms with van der Waals surface area (Å²) in [6, 6.07) is 11.3. The highest BCUT2D eigenvalue weighted by atomic mass is 19.4. The van der Waals surface area contributed by atoms with Gasteiger partial charge in [-0.2, -0.15) is 28.4 Å². The van der Waals surface area contributed by atoms with Crippen LogP contribution in [0.3, 0.4) is 0 Å². The molecule has 3 heterocycles. The number of hydrogen-bond donors (Lipinski definition) is 1. The van der Waals surface area contributed by atoms with Gasteiger partial charge in [0.15, 0.2) is 5.65 Å². The molecule has 0 amide bonds. The summed E-state index contributed by atoms with van der Waals surface area (Å²) in [5.41, 5.74) is -0.0972. The van der Waals surface area contributed by atoms with E-state index in [1.165, 1.54) is 12.1 Å². The minimum atomic E-state index is -4.43. The van der Waals surface area contributed by atoms with Crippen molar-refractivity contribution >= 4 is 22.8 Å². The van der Waals surface area contributed by atoms with Crippen molar-refractivity contribution in [3.8, 4) is 6.07 Å². The standard InChI is InChI=1S/C21H19F3N6/c22-21(23,24)17-8-2-1-6-15(17)12-27-19-16-7-3-9-26-18(16)28-20(29-19)30-10-4-5-14(11-25)13-30/h1-3,6-9,14H,4-5,10,12-13H2,(H,26,27,28,29). The zero-order valence-corrected chi connectivity index (χ0v) is 16.0. The number of rotatable bonds is 4. The number of halogens is 3. The SMILES string of the molecule is N#CC1CCCN(c2nc(NCc3ccccc3C(F)(F)F)c3cccnc3n2)C1. The largest absolute Gasteiger partial charge is 0.416 e. The van der Waals surface area contributed by atoms with Crippen LogP contribution in [-0.4, -0.2) is 28.0 Å². The number of fused-ring (bicyclic) bond motifs is 1. The highest BCUT2D eigenvalue weighted by Gasteiger charge is 2.32. The molecule has 0 bridgehead atoms. The molecule has 154 valence electrons. The first-order valence-corrected chi connectivity index (χ1v) is 9.62. The number of nitriles is 1. The summed E-state index contributed by atoms with van der Waals surface area (Å²) < 4.78 is 39.9. The summed E-state index contributed by atoms with van der Waals surface area (Å²) in [5, 5.41) is 12.9. The van der Waals surface area contributed by atoms with Crippen molar-refractivity contribution in [1.82, 2.24) is 15.0 Å². The van der Waals surface area contributed by atoms with Crippen LogP contribution in [0.5, 0.6) is 0 Å². The first kappa shape index (κ1) is 19.9. The number of anilines is 2. The number of benzene rings is 1. The topological polar surface area (TPSA) is 77.7 Å². The number of aromatic nitrogens is 3. The number of hydrogen-bond acceptors (Lipinski definition) is 6. The molecular formula is C21H19F3N6. The van der Waals surface area contributed by atoms with E-state index < -0.39 is 11.7 Å². The van der Waals surface area contributed by atoms with Gasteiger partial charge in [0, 0.05) is 25.8 Å². The van der Waals surface area contributed by atoms with E-state index in [9.17, 15) is 18.4 Å². The molecule has 0 aliphatic carbocycles. The van der Waals surface area contributed by atoms with Gasteiger partial charge in [0.05, 0.1) is 22.9 Å². The van der Waals surface area contributed by atoms with Gasteiger partial charge in [0.2, 0.25) is 5.95 Å². The maximum Gasteiger partial charge on any atom is 0.416 e. The lowest BCUT2D eigenvalue weighted by molar-refractivity contribution is -0.138. The Bertz CT molecular complexity index is 1090. The van der Waals surface area contributed by atoms with Crippen molar-refractivity contribution in [2.24, 2.45) is 5.92 Å². The Labute approximate surface area is 171 Å². The number of alkyl halides is 3. The van der Waals surface area contributed by atoms with Crippen molar-refractivity contribution < 1.29 is 13.2 Å². The van der Waals surface area contributed by atoms with Gasteiger partial charge in [-0.05, 0) is 36.6 Å². The van der Waals surface area contributed by atoms with Gasteiger partial charge in [0.1, 0.15) is 5.82 Å². The van der Waals surface area contributed by atoms with E-state index in [4.69, 9.17) is 0 Å². The van der Waals surface area contributed by atoms with Gasteiger partial charge >= 0.3 is 6.18 Å². The summed E-state index contributed by atoms with van der Waals surface area (Å²) in [5.74, 6) is 0.740. The van der Waals surface area contributed by atoms with Crippen LogP contribution in [0.1, 0.15) is 24.0 Å². The Balaban J connectivity index is 1.67. The lowest BCUT2D eigenvalue weighted by atomic mass is 10.0. The number of pyridine rings is 1. The summed E-state index contributed by atoms with van der Waals surface area (Å²) >= 11 is 0. The zero-order valence-electron chi connectivity index (χ0n) is 16.0. The highest BCUT2D eigenvalue weighted by molar-refractivity contribution is 5.87. The molecule has 2 aromatic heterocycles. The molecule has 1 aliphatic rings. The predicted molar refractivity (Wildman–Crippen MR) is 107 cm³/mol. The molecule has 1 aliphatic heterocycles. The van der Waals surface area contributed by atoms with Gasteiger partial charge in [-0.3, -0.25) is 0 Å². The van der Waals surface area contributed by atoms with Gasteiger partial charge in [-0.15, -0.1) is 0 Å². The van der Waals surface area contributed by atoms with E-state index in [0.29, 0.717) is 35.9 Å². The molecule has 1 fully saturated rings. The minimum Gasteiger partial charge on any atom is -0.365 e. The van der Waals surface area contributed by atoms with Crippen LogP contribution in [0.2, 0.25) is 0 Å². The molecule has 30 heavy (non-hydrogen) atoms. The van der Waals surface area contributed by atoms with Crippen molar-refractivity contribution in [3.05, 3.63) is 53.7 Å². The van der Waals surface area contributed by atoms with Crippen LogP contribution >= 0.6 is 0 Å². The molecule has 1 N–H and O–H groups in total. The normalized spacial score (nSPS) is 17.0. The third kappa shape index (κ3) is 4.13. The van der Waals surface area contributed by atoms with E-state index in [1.807, 2.05) is 4.90 Å². The second kappa shape index (κ2) is 8.14. The van der Waals surface area contributed by atoms with Crippen LogP contribution < -0.4 is 10.2 Å². The minimum absolute atomic E-state index is 0.0447. The highest BCUT2D eigenvalue weighted by Crippen LogP contribution is 2.32. The monoisotopic (exact) mass is 412 g/mol. The molecule has 4 rings (SSSR count). The Hall–Kier alpha value is -3.41. The summed E-state index contributed by atoms with van der Waals surface area (Å²) in [6.07, 6.45) is -1.14. The fraction of sp³-hybridized carbons (Fsp3) is 0.333. The first-order valence-electron chi connectivity index (χ1n) is 9.62. The third-order valence-electron chi connectivity index (χ3n) is 5.12. The molecule has 0 radical (unpaired) electrons. The van der Waals surface area contributed by atoms with E-state index in [0.717, 1.165) is 18.9 Å². The Morgan fingerprint density at radius 2 is 2.00 bits per heavy atom. The molecule has 1 unspecified atom stereocenters. The molecule has 0 spiro atoms. The maximum absolute atomic E-state index is 13.3. The lowest BCUT2D eigenvalue weighted by Crippen LogP contribution is -2.36. The van der Waals surface area contributed by atoms with Crippen molar-refractivity contribution in [3.63, 3.8) is 0 Å². The van der Waals surface area contributed by atoms with Crippen molar-refractivity contribution in [2.75, 3.05) is 23.3 Å². The molecule has 1 saturated heterocycles. The molecular weight excluding hydrogens is 393 g/mol. The Morgan fingerprint density at radius 1 is 1.17 bits per heavy atom. The van der Waals surface area contributed by atoms with Crippen LogP contribution in [0.4, 0.5) is 24.9 Å². The van der Waals surface area contributed by atoms with E-state index in [2.05, 4.69) is 26.3 Å². The smallest absolute Gasteiger partial charge is 0.365 e. The average molecular weight is 412 g/mol. The maximum atomic E-state index is 13.3. The fourth-order valence-electron chi connectivity index (χ4n) is 3.62. The summed E-state index contributed by atoms with van der Waals surface area (Å²) in [6.45, 7) is 1.19. The van der Waals surface area contributed by atoms with Crippen LogP contribution in [0, 0.1) is 17.2 Å². The predicted octanol–water partition coefficient (Wildman–Crippen LogP) is 4.40. The molecule has 1 atom stereocenters. The van der Waals surface area contributed by atoms with E-state index >= 15 is 0 Å². The molecule has 0 saturated carbocycles. The van der Waals surface area contributed by atoms with Crippen LogP contribution in [0.25, 0.3) is 11.0 Å². The van der Waals surface area contributed by atoms with Crippen molar-refractivity contribution in [2.45, 2.75) is 25.6 Å². The van der Waals surface area contributed by atoms with E-state index in [-0.39, 0.29) is 18.0 Å².